The van der Waals surface area contributed by atoms with Gasteiger partial charge in [-0.2, -0.15) is 0 Å². The van der Waals surface area contributed by atoms with Crippen LogP contribution in [0.5, 0.6) is 11.5 Å². The van der Waals surface area contributed by atoms with Gasteiger partial charge < -0.3 is 4.74 Å². The molecular weight excluding hydrogens is 320 g/mol. The van der Waals surface area contributed by atoms with Gasteiger partial charge in [0.05, 0.1) is 6.04 Å². The highest BCUT2D eigenvalue weighted by molar-refractivity contribution is 5.80. The van der Waals surface area contributed by atoms with Crippen molar-refractivity contribution in [2.75, 3.05) is 0 Å². The summed E-state index contributed by atoms with van der Waals surface area (Å²) < 4.78 is 32.4. The standard InChI is InChI=1S/C21H17F2NO/c1-15(20-12-9-17(22)13-21(20)23)24-14-16-7-10-19(11-8-16)25-18-5-3-2-4-6-18/h2-15H,1H3/b24-14+. The van der Waals surface area contributed by atoms with Crippen molar-refractivity contribution in [3.63, 3.8) is 0 Å². The van der Waals surface area contributed by atoms with E-state index < -0.39 is 17.7 Å². The second-order valence-electron chi connectivity index (χ2n) is 5.60. The van der Waals surface area contributed by atoms with Gasteiger partial charge in [0.25, 0.3) is 0 Å². The highest BCUT2D eigenvalue weighted by atomic mass is 19.1. The normalized spacial score (nSPS) is 12.3. The lowest BCUT2D eigenvalue weighted by Crippen LogP contribution is -1.96. The van der Waals surface area contributed by atoms with Gasteiger partial charge in [0.2, 0.25) is 0 Å². The zero-order chi connectivity index (χ0) is 17.6. The van der Waals surface area contributed by atoms with Crippen LogP contribution in [0.4, 0.5) is 8.78 Å². The summed E-state index contributed by atoms with van der Waals surface area (Å²) in [4.78, 5) is 4.34. The molecule has 0 aromatic heterocycles. The Kier molecular flexibility index (Phi) is 5.19. The zero-order valence-corrected chi connectivity index (χ0v) is 13.7. The summed E-state index contributed by atoms with van der Waals surface area (Å²) in [6.45, 7) is 1.76. The Bertz CT molecular complexity index is 861. The molecule has 0 saturated carbocycles. The Hall–Kier alpha value is -3.01. The summed E-state index contributed by atoms with van der Waals surface area (Å²) in [5.41, 5.74) is 1.23. The molecule has 126 valence electrons. The van der Waals surface area contributed by atoms with Crippen LogP contribution >= 0.6 is 0 Å². The Morgan fingerprint density at radius 3 is 2.24 bits per heavy atom. The number of rotatable bonds is 5. The molecule has 0 heterocycles. The lowest BCUT2D eigenvalue weighted by molar-refractivity contribution is 0.482. The molecule has 3 rings (SSSR count). The topological polar surface area (TPSA) is 21.6 Å². The molecular formula is C21H17F2NO. The fraction of sp³-hybridized carbons (Fsp3) is 0.0952. The fourth-order valence-corrected chi connectivity index (χ4v) is 2.37. The van der Waals surface area contributed by atoms with Crippen molar-refractivity contribution in [2.45, 2.75) is 13.0 Å². The molecule has 25 heavy (non-hydrogen) atoms. The molecule has 3 aromatic rings. The fourth-order valence-electron chi connectivity index (χ4n) is 2.37. The molecule has 0 N–H and O–H groups in total. The number of hydrogen-bond acceptors (Lipinski definition) is 2. The Balaban J connectivity index is 1.67. The summed E-state index contributed by atoms with van der Waals surface area (Å²) in [5, 5.41) is 0. The molecule has 0 amide bonds. The zero-order valence-electron chi connectivity index (χ0n) is 13.7. The minimum Gasteiger partial charge on any atom is -0.457 e. The van der Waals surface area contributed by atoms with Gasteiger partial charge in [0.1, 0.15) is 23.1 Å². The monoisotopic (exact) mass is 337 g/mol. The van der Waals surface area contributed by atoms with Crippen molar-refractivity contribution in [1.82, 2.24) is 0 Å². The number of hydrogen-bond donors (Lipinski definition) is 0. The highest BCUT2D eigenvalue weighted by Crippen LogP contribution is 2.22. The van der Waals surface area contributed by atoms with E-state index in [1.54, 1.807) is 13.1 Å². The van der Waals surface area contributed by atoms with Crippen molar-refractivity contribution in [3.05, 3.63) is 95.6 Å². The van der Waals surface area contributed by atoms with Crippen LogP contribution in [0.1, 0.15) is 24.1 Å². The van der Waals surface area contributed by atoms with Crippen molar-refractivity contribution >= 4 is 6.21 Å². The second kappa shape index (κ2) is 7.71. The predicted molar refractivity (Wildman–Crippen MR) is 95.3 cm³/mol. The third-order valence-electron chi connectivity index (χ3n) is 3.72. The molecule has 0 aliphatic rings. The van der Waals surface area contributed by atoms with E-state index in [1.807, 2.05) is 54.6 Å². The maximum Gasteiger partial charge on any atom is 0.131 e. The SMILES string of the molecule is CC(/N=C/c1ccc(Oc2ccccc2)cc1)c1ccc(F)cc1F. The molecule has 1 atom stereocenters. The van der Waals surface area contributed by atoms with Gasteiger partial charge >= 0.3 is 0 Å². The van der Waals surface area contributed by atoms with Gasteiger partial charge in [-0.05, 0) is 55.0 Å². The molecule has 0 bridgehead atoms. The molecule has 2 nitrogen and oxygen atoms in total. The first kappa shape index (κ1) is 16.8. The minimum absolute atomic E-state index is 0.363. The van der Waals surface area contributed by atoms with Crippen LogP contribution in [0.25, 0.3) is 0 Å². The summed E-state index contributed by atoms with van der Waals surface area (Å²) >= 11 is 0. The molecule has 0 aliphatic heterocycles. The molecule has 0 saturated heterocycles. The molecule has 0 aliphatic carbocycles. The van der Waals surface area contributed by atoms with E-state index in [4.69, 9.17) is 4.74 Å². The summed E-state index contributed by atoms with van der Waals surface area (Å²) in [5.74, 6) is 0.313. The molecule has 3 aromatic carbocycles. The lowest BCUT2D eigenvalue weighted by Gasteiger charge is -2.08. The number of benzene rings is 3. The second-order valence-corrected chi connectivity index (χ2v) is 5.60. The van der Waals surface area contributed by atoms with E-state index in [0.29, 0.717) is 5.56 Å². The van der Waals surface area contributed by atoms with Crippen LogP contribution in [0.2, 0.25) is 0 Å². The first-order valence-corrected chi connectivity index (χ1v) is 7.93. The minimum atomic E-state index is -0.591. The first-order valence-electron chi connectivity index (χ1n) is 7.93. The van der Waals surface area contributed by atoms with Crippen LogP contribution in [0.15, 0.2) is 77.8 Å². The molecule has 1 unspecified atom stereocenters. The number of nitrogens with zero attached hydrogens (tertiary/aromatic N) is 1. The summed E-state index contributed by atoms with van der Waals surface area (Å²) in [6, 6.07) is 20.1. The largest absolute Gasteiger partial charge is 0.457 e. The average molecular weight is 337 g/mol. The lowest BCUT2D eigenvalue weighted by atomic mass is 10.1. The van der Waals surface area contributed by atoms with E-state index in [1.165, 1.54) is 12.1 Å². The van der Waals surface area contributed by atoms with Crippen molar-refractivity contribution < 1.29 is 13.5 Å². The number of halogens is 2. The van der Waals surface area contributed by atoms with Gasteiger partial charge in [-0.25, -0.2) is 8.78 Å². The van der Waals surface area contributed by atoms with Crippen LogP contribution in [-0.4, -0.2) is 6.21 Å². The first-order chi connectivity index (χ1) is 12.1. The maximum atomic E-state index is 13.8. The van der Waals surface area contributed by atoms with Gasteiger partial charge in [-0.15, -0.1) is 0 Å². The molecule has 0 radical (unpaired) electrons. The average Bonchev–Trinajstić information content (AvgIpc) is 2.62. The Morgan fingerprint density at radius 1 is 0.880 bits per heavy atom. The Labute approximate surface area is 145 Å². The van der Waals surface area contributed by atoms with Crippen molar-refractivity contribution in [1.29, 1.82) is 0 Å². The Morgan fingerprint density at radius 2 is 1.56 bits per heavy atom. The third kappa shape index (κ3) is 4.51. The van der Waals surface area contributed by atoms with Gasteiger partial charge in [0.15, 0.2) is 0 Å². The predicted octanol–water partition coefficient (Wildman–Crippen LogP) is 5.94. The highest BCUT2D eigenvalue weighted by Gasteiger charge is 2.09. The van der Waals surface area contributed by atoms with E-state index >= 15 is 0 Å². The molecule has 0 spiro atoms. The quantitative estimate of drug-likeness (QED) is 0.528. The van der Waals surface area contributed by atoms with Crippen LogP contribution in [0, 0.1) is 11.6 Å². The van der Waals surface area contributed by atoms with Gasteiger partial charge in [0, 0.05) is 17.8 Å². The van der Waals surface area contributed by atoms with Crippen molar-refractivity contribution in [2.24, 2.45) is 4.99 Å². The van der Waals surface area contributed by atoms with Gasteiger partial charge in [-0.1, -0.05) is 24.3 Å². The number of aliphatic imine (C=N–C) groups is 1. The van der Waals surface area contributed by atoms with Crippen LogP contribution < -0.4 is 4.74 Å². The molecule has 4 heteroatoms. The third-order valence-corrected chi connectivity index (χ3v) is 3.72. The number of para-hydroxylation sites is 1. The smallest absolute Gasteiger partial charge is 0.131 e. The van der Waals surface area contributed by atoms with Crippen LogP contribution in [0.3, 0.4) is 0 Å². The van der Waals surface area contributed by atoms with Crippen LogP contribution in [-0.2, 0) is 0 Å². The van der Waals surface area contributed by atoms with Crippen molar-refractivity contribution in [3.8, 4) is 11.5 Å². The van der Waals surface area contributed by atoms with E-state index in [2.05, 4.69) is 4.99 Å². The van der Waals surface area contributed by atoms with E-state index in [9.17, 15) is 8.78 Å². The summed E-state index contributed by atoms with van der Waals surface area (Å²) in [7, 11) is 0. The number of ether oxygens (including phenoxy) is 1. The van der Waals surface area contributed by atoms with Gasteiger partial charge in [-0.3, -0.25) is 4.99 Å². The summed E-state index contributed by atoms with van der Waals surface area (Å²) in [6.07, 6.45) is 1.67. The maximum absolute atomic E-state index is 13.8. The molecule has 0 fully saturated rings. The van der Waals surface area contributed by atoms with E-state index in [-0.39, 0.29) is 0 Å². The van der Waals surface area contributed by atoms with E-state index in [0.717, 1.165) is 23.1 Å².